The van der Waals surface area contributed by atoms with Crippen molar-refractivity contribution in [2.24, 2.45) is 11.8 Å². The fourth-order valence-electron chi connectivity index (χ4n) is 2.46. The lowest BCUT2D eigenvalue weighted by Gasteiger charge is -2.31. The van der Waals surface area contributed by atoms with E-state index in [1.165, 1.54) is 0 Å². The van der Waals surface area contributed by atoms with Crippen LogP contribution >= 0.6 is 0 Å². The molecule has 1 aliphatic heterocycles. The van der Waals surface area contributed by atoms with Crippen LogP contribution in [0.15, 0.2) is 0 Å². The van der Waals surface area contributed by atoms with Gasteiger partial charge < -0.3 is 20.5 Å². The molecule has 2 amide bonds. The average Bonchev–Trinajstić information content (AvgIpc) is 2.45. The Morgan fingerprint density at radius 1 is 1.40 bits per heavy atom. The smallest absolute Gasteiger partial charge is 0.315 e. The minimum Gasteiger partial charge on any atom is -0.388 e. The first-order valence-electron chi connectivity index (χ1n) is 7.71. The van der Waals surface area contributed by atoms with Gasteiger partial charge in [-0.25, -0.2) is 4.79 Å². The highest BCUT2D eigenvalue weighted by atomic mass is 16.5. The van der Waals surface area contributed by atoms with E-state index in [1.807, 2.05) is 20.8 Å². The number of urea groups is 1. The monoisotopic (exact) mass is 286 g/mol. The molecule has 118 valence electrons. The zero-order chi connectivity index (χ0) is 15.2. The van der Waals surface area contributed by atoms with Crippen molar-refractivity contribution in [2.75, 3.05) is 19.8 Å². The summed E-state index contributed by atoms with van der Waals surface area (Å²) in [5.74, 6) is 0.625. The molecule has 0 spiro atoms. The minimum absolute atomic E-state index is 0.132. The van der Waals surface area contributed by atoms with Crippen LogP contribution < -0.4 is 10.6 Å². The number of amides is 2. The molecule has 5 heteroatoms. The van der Waals surface area contributed by atoms with Crippen molar-refractivity contribution in [3.8, 4) is 0 Å². The van der Waals surface area contributed by atoms with Crippen molar-refractivity contribution in [2.45, 2.75) is 58.6 Å². The van der Waals surface area contributed by atoms with Gasteiger partial charge in [-0.3, -0.25) is 0 Å². The molecule has 0 bridgehead atoms. The lowest BCUT2D eigenvalue weighted by molar-refractivity contribution is 0.00766. The van der Waals surface area contributed by atoms with E-state index in [4.69, 9.17) is 4.74 Å². The standard InChI is InChI=1S/C15H30N2O3/c1-5-11(2)15(4,19)10-16-14(18)17-12(3)13-6-8-20-9-7-13/h11-13,19H,5-10H2,1-4H3,(H2,16,17,18). The molecule has 0 radical (unpaired) electrons. The van der Waals surface area contributed by atoms with E-state index >= 15 is 0 Å². The Kier molecular flexibility index (Phi) is 6.76. The second kappa shape index (κ2) is 7.84. The maximum absolute atomic E-state index is 11.9. The van der Waals surface area contributed by atoms with Gasteiger partial charge in [0.2, 0.25) is 0 Å². The Morgan fingerprint density at radius 2 is 2.00 bits per heavy atom. The molecular weight excluding hydrogens is 256 g/mol. The van der Waals surface area contributed by atoms with E-state index < -0.39 is 5.60 Å². The summed E-state index contributed by atoms with van der Waals surface area (Å²) in [6, 6.07) is -0.0694. The first-order valence-corrected chi connectivity index (χ1v) is 7.71. The number of carbonyl (C=O) groups is 1. The number of hydrogen-bond donors (Lipinski definition) is 3. The molecule has 0 aliphatic carbocycles. The van der Waals surface area contributed by atoms with Gasteiger partial charge in [0, 0.05) is 25.8 Å². The van der Waals surface area contributed by atoms with E-state index in [1.54, 1.807) is 6.92 Å². The summed E-state index contributed by atoms with van der Waals surface area (Å²) in [4.78, 5) is 11.9. The molecule has 1 saturated heterocycles. The normalized spacial score (nSPS) is 22.6. The number of rotatable bonds is 6. The quantitative estimate of drug-likeness (QED) is 0.698. The second-order valence-corrected chi connectivity index (χ2v) is 6.23. The van der Waals surface area contributed by atoms with E-state index in [2.05, 4.69) is 10.6 Å². The molecule has 0 saturated carbocycles. The van der Waals surface area contributed by atoms with Crippen LogP contribution in [0.25, 0.3) is 0 Å². The van der Waals surface area contributed by atoms with Crippen LogP contribution in [0.3, 0.4) is 0 Å². The highest BCUT2D eigenvalue weighted by Gasteiger charge is 2.28. The summed E-state index contributed by atoms with van der Waals surface area (Å²) in [6.07, 6.45) is 2.87. The van der Waals surface area contributed by atoms with Gasteiger partial charge in [0.1, 0.15) is 0 Å². The maximum Gasteiger partial charge on any atom is 0.315 e. The predicted octanol–water partition coefficient (Wildman–Crippen LogP) is 1.90. The van der Waals surface area contributed by atoms with Gasteiger partial charge in [0.15, 0.2) is 0 Å². The van der Waals surface area contributed by atoms with Crippen LogP contribution in [-0.4, -0.2) is 42.5 Å². The zero-order valence-corrected chi connectivity index (χ0v) is 13.2. The SMILES string of the molecule is CCC(C)C(C)(O)CNC(=O)NC(C)C1CCOCC1. The number of hydrogen-bond acceptors (Lipinski definition) is 3. The third-order valence-corrected chi connectivity index (χ3v) is 4.61. The molecule has 3 unspecified atom stereocenters. The summed E-state index contributed by atoms with van der Waals surface area (Å²) in [6.45, 7) is 9.65. The molecule has 1 rings (SSSR count). The predicted molar refractivity (Wildman–Crippen MR) is 79.6 cm³/mol. The van der Waals surface area contributed by atoms with Gasteiger partial charge in [0.25, 0.3) is 0 Å². The van der Waals surface area contributed by atoms with Crippen LogP contribution in [0, 0.1) is 11.8 Å². The molecule has 1 heterocycles. The van der Waals surface area contributed by atoms with Crippen molar-refractivity contribution in [1.29, 1.82) is 0 Å². The Hall–Kier alpha value is -0.810. The van der Waals surface area contributed by atoms with E-state index in [0.717, 1.165) is 32.5 Å². The third-order valence-electron chi connectivity index (χ3n) is 4.61. The summed E-state index contributed by atoms with van der Waals surface area (Å²) >= 11 is 0. The molecule has 0 aromatic heterocycles. The lowest BCUT2D eigenvalue weighted by Crippen LogP contribution is -2.51. The van der Waals surface area contributed by atoms with E-state index in [0.29, 0.717) is 5.92 Å². The van der Waals surface area contributed by atoms with Crippen molar-refractivity contribution in [1.82, 2.24) is 10.6 Å². The lowest BCUT2D eigenvalue weighted by atomic mass is 9.89. The Bertz CT molecular complexity index is 301. The summed E-state index contributed by atoms with van der Waals surface area (Å²) < 4.78 is 5.32. The first-order chi connectivity index (χ1) is 9.36. The largest absolute Gasteiger partial charge is 0.388 e. The molecule has 1 fully saturated rings. The fraction of sp³-hybridized carbons (Fsp3) is 0.933. The molecule has 0 aromatic rings. The molecule has 5 nitrogen and oxygen atoms in total. The fourth-order valence-corrected chi connectivity index (χ4v) is 2.46. The Balaban J connectivity index is 2.32. The zero-order valence-electron chi connectivity index (χ0n) is 13.2. The molecule has 1 aliphatic rings. The molecule has 3 atom stereocenters. The van der Waals surface area contributed by atoms with Crippen LogP contribution in [0.5, 0.6) is 0 Å². The van der Waals surface area contributed by atoms with Gasteiger partial charge in [0.05, 0.1) is 5.60 Å². The Labute approximate surface area is 122 Å². The number of nitrogens with one attached hydrogen (secondary N) is 2. The van der Waals surface area contributed by atoms with Crippen LogP contribution in [0.1, 0.15) is 47.0 Å². The third kappa shape index (κ3) is 5.29. The van der Waals surface area contributed by atoms with E-state index in [-0.39, 0.29) is 24.5 Å². The minimum atomic E-state index is -0.867. The van der Waals surface area contributed by atoms with Crippen molar-refractivity contribution in [3.63, 3.8) is 0 Å². The highest BCUT2D eigenvalue weighted by molar-refractivity contribution is 5.74. The first kappa shape index (κ1) is 17.2. The van der Waals surface area contributed by atoms with Crippen LogP contribution in [0.2, 0.25) is 0 Å². The number of ether oxygens (including phenoxy) is 1. The van der Waals surface area contributed by atoms with Crippen LogP contribution in [-0.2, 0) is 4.74 Å². The van der Waals surface area contributed by atoms with Crippen LogP contribution in [0.4, 0.5) is 4.79 Å². The second-order valence-electron chi connectivity index (χ2n) is 6.23. The number of carbonyl (C=O) groups excluding carboxylic acids is 1. The highest BCUT2D eigenvalue weighted by Crippen LogP contribution is 2.19. The van der Waals surface area contributed by atoms with Gasteiger partial charge in [-0.1, -0.05) is 20.3 Å². The summed E-state index contributed by atoms with van der Waals surface area (Å²) in [5.41, 5.74) is -0.867. The maximum atomic E-state index is 11.9. The van der Waals surface area contributed by atoms with Gasteiger partial charge in [-0.15, -0.1) is 0 Å². The molecule has 3 N–H and O–H groups in total. The van der Waals surface area contributed by atoms with Crippen molar-refractivity contribution < 1.29 is 14.6 Å². The van der Waals surface area contributed by atoms with Gasteiger partial charge in [-0.2, -0.15) is 0 Å². The average molecular weight is 286 g/mol. The number of aliphatic hydroxyl groups is 1. The molecule has 20 heavy (non-hydrogen) atoms. The van der Waals surface area contributed by atoms with Gasteiger partial charge in [-0.05, 0) is 38.5 Å². The molecule has 0 aromatic carbocycles. The van der Waals surface area contributed by atoms with Crippen molar-refractivity contribution >= 4 is 6.03 Å². The Morgan fingerprint density at radius 3 is 2.55 bits per heavy atom. The summed E-state index contributed by atoms with van der Waals surface area (Å²) in [5, 5.41) is 16.0. The van der Waals surface area contributed by atoms with E-state index in [9.17, 15) is 9.90 Å². The summed E-state index contributed by atoms with van der Waals surface area (Å²) in [7, 11) is 0. The topological polar surface area (TPSA) is 70.6 Å². The van der Waals surface area contributed by atoms with Crippen molar-refractivity contribution in [3.05, 3.63) is 0 Å². The molecular formula is C15H30N2O3. The van der Waals surface area contributed by atoms with Gasteiger partial charge >= 0.3 is 6.03 Å².